The molecule has 0 unspecified atom stereocenters. The third-order valence-corrected chi connectivity index (χ3v) is 4.45. The SMILES string of the molecule is CCOc1ccc(-n2cnc3cnc(N[C@H]4CC[C@H](O)C4)nc32)cc1. The molecule has 1 aromatic carbocycles. The number of benzene rings is 1. The highest BCUT2D eigenvalue weighted by Crippen LogP contribution is 2.23. The molecule has 130 valence electrons. The maximum Gasteiger partial charge on any atom is 0.224 e. The van der Waals surface area contributed by atoms with Gasteiger partial charge >= 0.3 is 0 Å². The van der Waals surface area contributed by atoms with Crippen LogP contribution in [0.2, 0.25) is 0 Å². The Labute approximate surface area is 145 Å². The van der Waals surface area contributed by atoms with Gasteiger partial charge in [-0.1, -0.05) is 0 Å². The van der Waals surface area contributed by atoms with E-state index in [0.717, 1.165) is 41.9 Å². The van der Waals surface area contributed by atoms with Gasteiger partial charge in [-0.3, -0.25) is 4.57 Å². The normalized spacial score (nSPS) is 20.1. The Morgan fingerprint density at radius 1 is 1.24 bits per heavy atom. The van der Waals surface area contributed by atoms with Gasteiger partial charge in [0.1, 0.15) is 17.6 Å². The smallest absolute Gasteiger partial charge is 0.224 e. The van der Waals surface area contributed by atoms with Crippen molar-refractivity contribution in [2.45, 2.75) is 38.3 Å². The zero-order valence-corrected chi connectivity index (χ0v) is 14.1. The van der Waals surface area contributed by atoms with Crippen molar-refractivity contribution in [3.05, 3.63) is 36.8 Å². The van der Waals surface area contributed by atoms with Crippen LogP contribution in [-0.2, 0) is 0 Å². The fourth-order valence-electron chi connectivity index (χ4n) is 3.21. The van der Waals surface area contributed by atoms with Gasteiger partial charge in [-0.25, -0.2) is 9.97 Å². The lowest BCUT2D eigenvalue weighted by atomic mass is 10.2. The third-order valence-electron chi connectivity index (χ3n) is 4.45. The van der Waals surface area contributed by atoms with E-state index in [1.165, 1.54) is 0 Å². The van der Waals surface area contributed by atoms with Crippen LogP contribution in [0.4, 0.5) is 5.95 Å². The summed E-state index contributed by atoms with van der Waals surface area (Å²) in [4.78, 5) is 13.3. The zero-order chi connectivity index (χ0) is 17.2. The summed E-state index contributed by atoms with van der Waals surface area (Å²) in [5.74, 6) is 1.41. The number of fused-ring (bicyclic) bond motifs is 1. The second-order valence-electron chi connectivity index (χ2n) is 6.25. The van der Waals surface area contributed by atoms with Crippen LogP contribution in [0, 0.1) is 0 Å². The van der Waals surface area contributed by atoms with Crippen molar-refractivity contribution in [1.29, 1.82) is 0 Å². The lowest BCUT2D eigenvalue weighted by Crippen LogP contribution is -2.18. The molecule has 0 saturated heterocycles. The number of aromatic nitrogens is 4. The second-order valence-corrected chi connectivity index (χ2v) is 6.25. The number of aliphatic hydroxyl groups is 1. The van der Waals surface area contributed by atoms with Crippen LogP contribution in [0.15, 0.2) is 36.8 Å². The number of hydrogen-bond donors (Lipinski definition) is 2. The van der Waals surface area contributed by atoms with Gasteiger partial charge in [0.25, 0.3) is 0 Å². The van der Waals surface area contributed by atoms with E-state index < -0.39 is 0 Å². The minimum atomic E-state index is -0.226. The highest BCUT2D eigenvalue weighted by Gasteiger charge is 2.23. The fraction of sp³-hybridized carbons (Fsp3) is 0.389. The average Bonchev–Trinajstić information content (AvgIpc) is 3.22. The molecule has 1 aliphatic rings. The number of nitrogens with one attached hydrogen (secondary N) is 1. The summed E-state index contributed by atoms with van der Waals surface area (Å²) in [6.07, 6.45) is 5.74. The molecule has 7 nitrogen and oxygen atoms in total. The van der Waals surface area contributed by atoms with Crippen LogP contribution in [0.3, 0.4) is 0 Å². The van der Waals surface area contributed by atoms with Gasteiger partial charge in [0.05, 0.1) is 18.9 Å². The molecule has 0 amide bonds. The maximum absolute atomic E-state index is 9.66. The van der Waals surface area contributed by atoms with E-state index in [0.29, 0.717) is 12.6 Å². The molecule has 2 atom stereocenters. The molecule has 1 fully saturated rings. The van der Waals surface area contributed by atoms with E-state index in [1.54, 1.807) is 12.5 Å². The zero-order valence-electron chi connectivity index (χ0n) is 14.1. The summed E-state index contributed by atoms with van der Waals surface area (Å²) >= 11 is 0. The first kappa shape index (κ1) is 15.8. The molecule has 7 heteroatoms. The molecule has 0 radical (unpaired) electrons. The largest absolute Gasteiger partial charge is 0.494 e. The number of aliphatic hydroxyl groups excluding tert-OH is 1. The first-order valence-electron chi connectivity index (χ1n) is 8.61. The number of ether oxygens (including phenoxy) is 1. The molecule has 25 heavy (non-hydrogen) atoms. The predicted octanol–water partition coefficient (Wildman–Crippen LogP) is 2.54. The molecule has 1 saturated carbocycles. The molecule has 4 rings (SSSR count). The highest BCUT2D eigenvalue weighted by atomic mass is 16.5. The van der Waals surface area contributed by atoms with Crippen LogP contribution in [-0.4, -0.2) is 43.4 Å². The molecular weight excluding hydrogens is 318 g/mol. The molecule has 3 aromatic rings. The van der Waals surface area contributed by atoms with Crippen molar-refractivity contribution < 1.29 is 9.84 Å². The van der Waals surface area contributed by atoms with Crippen molar-refractivity contribution in [2.24, 2.45) is 0 Å². The van der Waals surface area contributed by atoms with Crippen molar-refractivity contribution >= 4 is 17.1 Å². The summed E-state index contributed by atoms with van der Waals surface area (Å²) in [7, 11) is 0. The molecule has 2 aromatic heterocycles. The van der Waals surface area contributed by atoms with E-state index in [9.17, 15) is 5.11 Å². The van der Waals surface area contributed by atoms with Gasteiger partial charge in [0.15, 0.2) is 5.65 Å². The van der Waals surface area contributed by atoms with Crippen LogP contribution in [0.1, 0.15) is 26.2 Å². The van der Waals surface area contributed by atoms with Crippen molar-refractivity contribution in [2.75, 3.05) is 11.9 Å². The summed E-state index contributed by atoms with van der Waals surface area (Å²) in [6, 6.07) is 8.05. The van der Waals surface area contributed by atoms with Crippen molar-refractivity contribution in [1.82, 2.24) is 19.5 Å². The third kappa shape index (κ3) is 3.28. The molecule has 0 spiro atoms. The van der Waals surface area contributed by atoms with Crippen LogP contribution in [0.25, 0.3) is 16.9 Å². The summed E-state index contributed by atoms with van der Waals surface area (Å²) in [6.45, 7) is 2.61. The van der Waals surface area contributed by atoms with Gasteiger partial charge in [0, 0.05) is 11.7 Å². The first-order chi connectivity index (χ1) is 12.2. The van der Waals surface area contributed by atoms with E-state index in [1.807, 2.05) is 35.8 Å². The van der Waals surface area contributed by atoms with Crippen LogP contribution >= 0.6 is 0 Å². The Morgan fingerprint density at radius 3 is 2.80 bits per heavy atom. The Morgan fingerprint density at radius 2 is 2.08 bits per heavy atom. The van der Waals surface area contributed by atoms with Crippen molar-refractivity contribution in [3.8, 4) is 11.4 Å². The number of rotatable bonds is 5. The van der Waals surface area contributed by atoms with Crippen LogP contribution in [0.5, 0.6) is 5.75 Å². The molecule has 0 bridgehead atoms. The van der Waals surface area contributed by atoms with E-state index in [4.69, 9.17) is 4.74 Å². The fourth-order valence-corrected chi connectivity index (χ4v) is 3.21. The maximum atomic E-state index is 9.66. The average molecular weight is 339 g/mol. The quantitative estimate of drug-likeness (QED) is 0.743. The summed E-state index contributed by atoms with van der Waals surface area (Å²) < 4.78 is 7.42. The monoisotopic (exact) mass is 339 g/mol. The topological polar surface area (TPSA) is 85.1 Å². The van der Waals surface area contributed by atoms with Crippen molar-refractivity contribution in [3.63, 3.8) is 0 Å². The van der Waals surface area contributed by atoms with Gasteiger partial charge in [-0.2, -0.15) is 4.98 Å². The lowest BCUT2D eigenvalue weighted by Gasteiger charge is -2.12. The lowest BCUT2D eigenvalue weighted by molar-refractivity contribution is 0.182. The highest BCUT2D eigenvalue weighted by molar-refractivity contribution is 5.73. The summed E-state index contributed by atoms with van der Waals surface area (Å²) in [5, 5.41) is 13.0. The Kier molecular flexibility index (Phi) is 4.23. The Hall–Kier alpha value is -2.67. The summed E-state index contributed by atoms with van der Waals surface area (Å²) in [5.41, 5.74) is 2.46. The number of hydrogen-bond acceptors (Lipinski definition) is 6. The molecule has 0 aliphatic heterocycles. The van der Waals surface area contributed by atoms with Gasteiger partial charge in [-0.05, 0) is 50.5 Å². The Bertz CT molecular complexity index is 862. The van der Waals surface area contributed by atoms with E-state index in [-0.39, 0.29) is 12.1 Å². The molecule has 2 heterocycles. The van der Waals surface area contributed by atoms with Gasteiger partial charge in [-0.15, -0.1) is 0 Å². The molecule has 2 N–H and O–H groups in total. The number of imidazole rings is 1. The van der Waals surface area contributed by atoms with Gasteiger partial charge < -0.3 is 15.2 Å². The Balaban J connectivity index is 1.62. The minimum absolute atomic E-state index is 0.217. The second kappa shape index (κ2) is 6.68. The van der Waals surface area contributed by atoms with E-state index in [2.05, 4.69) is 20.3 Å². The standard InChI is InChI=1S/C18H21N5O2/c1-2-25-15-7-4-13(5-8-15)23-11-20-16-10-19-18(22-17(16)23)21-12-3-6-14(24)9-12/h4-5,7-8,10-12,14,24H,2-3,6,9H2,1H3,(H,19,21,22)/t12-,14-/m0/s1. The van der Waals surface area contributed by atoms with E-state index >= 15 is 0 Å². The van der Waals surface area contributed by atoms with Crippen LogP contribution < -0.4 is 10.1 Å². The molecule has 1 aliphatic carbocycles. The predicted molar refractivity (Wildman–Crippen MR) is 95.1 cm³/mol. The first-order valence-corrected chi connectivity index (χ1v) is 8.61. The minimum Gasteiger partial charge on any atom is -0.494 e. The number of nitrogens with zero attached hydrogens (tertiary/aromatic N) is 4. The van der Waals surface area contributed by atoms with Gasteiger partial charge in [0.2, 0.25) is 5.95 Å². The molecular formula is C18H21N5O2. The number of anilines is 1.